The number of para-hydroxylation sites is 1. The number of hydrogen-bond acceptors (Lipinski definition) is 7. The molecule has 0 atom stereocenters. The van der Waals surface area contributed by atoms with E-state index in [4.69, 9.17) is 37.2 Å². The van der Waals surface area contributed by atoms with E-state index in [0.717, 1.165) is 68.1 Å². The van der Waals surface area contributed by atoms with Crippen LogP contribution in [0.5, 0.6) is 5.75 Å². The average Bonchev–Trinajstić information content (AvgIpc) is 3.75. The summed E-state index contributed by atoms with van der Waals surface area (Å²) in [5.41, 5.74) is 2.81. The number of pyridine rings is 2. The number of ether oxygens (including phenoxy) is 2. The number of benzene rings is 1. The third-order valence-corrected chi connectivity index (χ3v) is 9.75. The lowest BCUT2D eigenvalue weighted by molar-refractivity contribution is -0.150. The van der Waals surface area contributed by atoms with E-state index in [1.54, 1.807) is 30.7 Å². The molecular weight excluding hydrogens is 565 g/mol. The minimum absolute atomic E-state index is 0.0998. The summed E-state index contributed by atoms with van der Waals surface area (Å²) in [4.78, 5) is 20.0. The second kappa shape index (κ2) is 10.3. The maximum atomic E-state index is 11.5. The molecule has 0 radical (unpaired) electrons. The molecule has 2 bridgehead atoms. The maximum absolute atomic E-state index is 11.5. The van der Waals surface area contributed by atoms with Gasteiger partial charge in [-0.15, -0.1) is 0 Å². The maximum Gasteiger partial charge on any atom is 0.337 e. The zero-order chi connectivity index (χ0) is 28.2. The number of aromatic carboxylic acids is 1. The molecule has 4 aromatic rings. The van der Waals surface area contributed by atoms with Crippen molar-refractivity contribution in [2.75, 3.05) is 6.61 Å². The Labute approximate surface area is 247 Å². The van der Waals surface area contributed by atoms with E-state index in [2.05, 4.69) is 15.1 Å². The topological polar surface area (TPSA) is 108 Å². The fourth-order valence-electron chi connectivity index (χ4n) is 6.48. The van der Waals surface area contributed by atoms with Crippen molar-refractivity contribution >= 4 is 40.1 Å². The fourth-order valence-corrected chi connectivity index (χ4v) is 7.02. The van der Waals surface area contributed by atoms with Crippen LogP contribution in [0.4, 0.5) is 0 Å². The van der Waals surface area contributed by atoms with Gasteiger partial charge in [0, 0.05) is 40.2 Å². The zero-order valence-corrected chi connectivity index (χ0v) is 23.9. The molecule has 0 aliphatic heterocycles. The minimum atomic E-state index is -0.986. The molecule has 0 spiro atoms. The van der Waals surface area contributed by atoms with Crippen molar-refractivity contribution < 1.29 is 23.9 Å². The second-order valence-electron chi connectivity index (χ2n) is 11.7. The van der Waals surface area contributed by atoms with Gasteiger partial charge in [0.25, 0.3) is 0 Å². The van der Waals surface area contributed by atoms with Crippen LogP contribution in [-0.2, 0) is 11.3 Å². The Morgan fingerprint density at radius 3 is 2.46 bits per heavy atom. The molecule has 1 N–H and O–H groups in total. The molecule has 0 saturated heterocycles. The summed E-state index contributed by atoms with van der Waals surface area (Å²) in [5.74, 6) is 0.928. The molecule has 0 amide bonds. The smallest absolute Gasteiger partial charge is 0.337 e. The van der Waals surface area contributed by atoms with Gasteiger partial charge in [-0.3, -0.25) is 9.97 Å². The van der Waals surface area contributed by atoms with Crippen molar-refractivity contribution in [1.82, 2.24) is 15.1 Å². The van der Waals surface area contributed by atoms with Gasteiger partial charge < -0.3 is 19.1 Å². The molecule has 41 heavy (non-hydrogen) atoms. The fraction of sp³-hybridized carbons (Fsp3) is 0.419. The highest BCUT2D eigenvalue weighted by atomic mass is 35.5. The van der Waals surface area contributed by atoms with E-state index < -0.39 is 5.97 Å². The minimum Gasteiger partial charge on any atom is -0.491 e. The molecule has 8 rings (SSSR count). The third-order valence-electron chi connectivity index (χ3n) is 9.17. The Morgan fingerprint density at radius 2 is 1.78 bits per heavy atom. The van der Waals surface area contributed by atoms with E-state index in [0.29, 0.717) is 51.7 Å². The first-order chi connectivity index (χ1) is 19.9. The summed E-state index contributed by atoms with van der Waals surface area (Å²) >= 11 is 13.0. The third kappa shape index (κ3) is 4.96. The van der Waals surface area contributed by atoms with Gasteiger partial charge in [0.1, 0.15) is 17.2 Å². The number of carbonyl (C=O) groups is 1. The average molecular weight is 594 g/mol. The Morgan fingerprint density at radius 1 is 1.05 bits per heavy atom. The molecule has 8 nitrogen and oxygen atoms in total. The van der Waals surface area contributed by atoms with Crippen molar-refractivity contribution in [2.24, 2.45) is 5.41 Å². The quantitative estimate of drug-likeness (QED) is 0.209. The van der Waals surface area contributed by atoms with Gasteiger partial charge in [-0.05, 0) is 63.5 Å². The van der Waals surface area contributed by atoms with Gasteiger partial charge in [-0.2, -0.15) is 0 Å². The normalized spacial score (nSPS) is 23.7. The number of carboxylic acids is 1. The van der Waals surface area contributed by atoms with E-state index in [9.17, 15) is 9.90 Å². The van der Waals surface area contributed by atoms with E-state index >= 15 is 0 Å². The van der Waals surface area contributed by atoms with Crippen LogP contribution in [0, 0.1) is 5.41 Å². The monoisotopic (exact) mass is 593 g/mol. The number of fused-ring (bicyclic) bond motifs is 4. The first-order valence-corrected chi connectivity index (χ1v) is 14.8. The summed E-state index contributed by atoms with van der Waals surface area (Å²) < 4.78 is 18.8. The van der Waals surface area contributed by atoms with Crippen LogP contribution in [0.2, 0.25) is 10.0 Å². The van der Waals surface area contributed by atoms with Crippen LogP contribution in [-0.4, -0.2) is 38.4 Å². The van der Waals surface area contributed by atoms with Gasteiger partial charge in [0.05, 0.1) is 46.1 Å². The SMILES string of the molecule is O=C(O)c1cccc2cc(OCC34CCC(OCc5c(-c6c(Cl)cncc6Cl)noc5C5CC5)(CC3)CC4)cnc12. The van der Waals surface area contributed by atoms with Gasteiger partial charge in [-0.25, -0.2) is 4.79 Å². The van der Waals surface area contributed by atoms with Crippen molar-refractivity contribution in [3.05, 3.63) is 69.8 Å². The van der Waals surface area contributed by atoms with Crippen molar-refractivity contribution in [3.8, 4) is 17.0 Å². The Balaban J connectivity index is 1.03. The van der Waals surface area contributed by atoms with Crippen LogP contribution in [0.1, 0.15) is 79.0 Å². The lowest BCUT2D eigenvalue weighted by Gasteiger charge is -2.52. The van der Waals surface area contributed by atoms with Crippen molar-refractivity contribution in [3.63, 3.8) is 0 Å². The van der Waals surface area contributed by atoms with Gasteiger partial charge in [0.2, 0.25) is 0 Å². The number of halogens is 2. The van der Waals surface area contributed by atoms with Crippen LogP contribution >= 0.6 is 23.2 Å². The van der Waals surface area contributed by atoms with Crippen molar-refractivity contribution in [1.29, 1.82) is 0 Å². The lowest BCUT2D eigenvalue weighted by Crippen LogP contribution is -2.49. The highest BCUT2D eigenvalue weighted by Crippen LogP contribution is 2.55. The standard InChI is InChI=1S/C31H29Cl2N3O5/c32-23-14-34-15-24(33)25(23)27-22(28(41-36-27)18-4-5-18)16-40-31-9-6-30(7-10-31,8-11-31)17-39-20-12-19-2-1-3-21(29(37)38)26(19)35-13-20/h1-3,12-15,18H,4-11,16-17H2,(H,37,38). The lowest BCUT2D eigenvalue weighted by atomic mass is 9.59. The number of carboxylic acid groups (broad SMARTS) is 1. The second-order valence-corrected chi connectivity index (χ2v) is 12.6. The van der Waals surface area contributed by atoms with Gasteiger partial charge in [0.15, 0.2) is 0 Å². The van der Waals surface area contributed by atoms with Crippen LogP contribution in [0.15, 0.2) is 47.4 Å². The number of aromatic nitrogens is 3. The summed E-state index contributed by atoms with van der Waals surface area (Å²) in [7, 11) is 0. The molecular formula is C31H29Cl2N3O5. The molecule has 10 heteroatoms. The molecule has 3 aromatic heterocycles. The predicted molar refractivity (Wildman–Crippen MR) is 154 cm³/mol. The first-order valence-electron chi connectivity index (χ1n) is 14.0. The molecule has 4 fully saturated rings. The molecule has 4 aliphatic carbocycles. The highest BCUT2D eigenvalue weighted by Gasteiger charge is 2.50. The zero-order valence-electron chi connectivity index (χ0n) is 22.4. The molecule has 3 heterocycles. The van der Waals surface area contributed by atoms with E-state index in [1.165, 1.54) is 0 Å². The van der Waals surface area contributed by atoms with E-state index in [-0.39, 0.29) is 16.6 Å². The number of nitrogens with zero attached hydrogens (tertiary/aromatic N) is 3. The molecule has 4 saturated carbocycles. The Kier molecular flexibility index (Phi) is 6.68. The predicted octanol–water partition coefficient (Wildman–Crippen LogP) is 7.86. The highest BCUT2D eigenvalue weighted by molar-refractivity contribution is 6.38. The van der Waals surface area contributed by atoms with Crippen molar-refractivity contribution in [2.45, 2.75) is 69.5 Å². The van der Waals surface area contributed by atoms with Gasteiger partial charge >= 0.3 is 5.97 Å². The largest absolute Gasteiger partial charge is 0.491 e. The summed E-state index contributed by atoms with van der Waals surface area (Å²) in [6.07, 6.45) is 12.9. The summed E-state index contributed by atoms with van der Waals surface area (Å²) in [5, 5.41) is 15.5. The molecule has 212 valence electrons. The number of rotatable bonds is 9. The summed E-state index contributed by atoms with van der Waals surface area (Å²) in [6, 6.07) is 7.03. The summed E-state index contributed by atoms with van der Waals surface area (Å²) in [6.45, 7) is 1.01. The number of hydrogen-bond donors (Lipinski definition) is 1. The Hall–Kier alpha value is -3.20. The molecule has 0 unspecified atom stereocenters. The van der Waals surface area contributed by atoms with Gasteiger partial charge in [-0.1, -0.05) is 40.5 Å². The Bertz CT molecular complexity index is 1610. The van der Waals surface area contributed by atoms with Crippen LogP contribution in [0.25, 0.3) is 22.2 Å². The first kappa shape index (κ1) is 26.7. The van der Waals surface area contributed by atoms with Crippen LogP contribution < -0.4 is 4.74 Å². The van der Waals surface area contributed by atoms with E-state index in [1.807, 2.05) is 12.1 Å². The molecule has 1 aromatic carbocycles. The van der Waals surface area contributed by atoms with Crippen LogP contribution in [0.3, 0.4) is 0 Å². The molecule has 4 aliphatic rings.